The van der Waals surface area contributed by atoms with Gasteiger partial charge in [-0.05, 0) is 45.0 Å². The summed E-state index contributed by atoms with van der Waals surface area (Å²) in [5.41, 5.74) is 2.43. The van der Waals surface area contributed by atoms with Crippen LogP contribution in [0.1, 0.15) is 27.2 Å². The molecule has 1 atom stereocenters. The maximum absolute atomic E-state index is 5.18. The van der Waals surface area contributed by atoms with Crippen LogP contribution in [0.3, 0.4) is 0 Å². The van der Waals surface area contributed by atoms with Crippen molar-refractivity contribution >= 4 is 11.3 Å². The Morgan fingerprint density at radius 2 is 1.95 bits per heavy atom. The molecule has 2 aromatic rings. The van der Waals surface area contributed by atoms with Gasteiger partial charge in [-0.3, -0.25) is 0 Å². The average Bonchev–Trinajstić information content (AvgIpc) is 2.75. The normalized spacial score (nSPS) is 12.4. The third kappa shape index (κ3) is 3.33. The minimum absolute atomic E-state index is 0.319. The van der Waals surface area contributed by atoms with Crippen molar-refractivity contribution in [3.05, 3.63) is 45.4 Å². The van der Waals surface area contributed by atoms with Gasteiger partial charge in [-0.1, -0.05) is 12.1 Å². The topological polar surface area (TPSA) is 34.1 Å². The molecule has 1 unspecified atom stereocenters. The Balaban J connectivity index is 2.16. The molecule has 2 rings (SSSR count). The van der Waals surface area contributed by atoms with E-state index < -0.39 is 0 Å². The van der Waals surface area contributed by atoms with E-state index in [-0.39, 0.29) is 0 Å². The van der Waals surface area contributed by atoms with E-state index in [4.69, 9.17) is 4.74 Å². The number of likely N-dealkylation sites (N-methyl/N-ethyl adjacent to an activating group) is 1. The summed E-state index contributed by atoms with van der Waals surface area (Å²) in [6.45, 7) is 4.14. The molecule has 19 heavy (non-hydrogen) atoms. The van der Waals surface area contributed by atoms with E-state index in [1.54, 1.807) is 18.4 Å². The summed E-state index contributed by atoms with van der Waals surface area (Å²) < 4.78 is 5.18. The number of ether oxygens (including phenoxy) is 1. The van der Waals surface area contributed by atoms with Crippen LogP contribution in [0.4, 0.5) is 0 Å². The minimum Gasteiger partial charge on any atom is -0.497 e. The Hall–Kier alpha value is -1.39. The predicted octanol–water partition coefficient (Wildman–Crippen LogP) is 3.27. The van der Waals surface area contributed by atoms with Gasteiger partial charge in [0.2, 0.25) is 0 Å². The minimum atomic E-state index is 0.319. The first-order valence-electron chi connectivity index (χ1n) is 6.38. The first-order valence-corrected chi connectivity index (χ1v) is 7.19. The highest BCUT2D eigenvalue weighted by atomic mass is 32.1. The van der Waals surface area contributed by atoms with Gasteiger partial charge in [0, 0.05) is 10.9 Å². The van der Waals surface area contributed by atoms with Crippen molar-refractivity contribution in [2.24, 2.45) is 0 Å². The summed E-state index contributed by atoms with van der Waals surface area (Å²) in [5, 5.41) is 4.52. The molecule has 1 aromatic carbocycles. The Morgan fingerprint density at radius 3 is 2.42 bits per heavy atom. The van der Waals surface area contributed by atoms with Gasteiger partial charge in [0.05, 0.1) is 17.8 Å². The van der Waals surface area contributed by atoms with Crippen LogP contribution >= 0.6 is 11.3 Å². The summed E-state index contributed by atoms with van der Waals surface area (Å²) in [6, 6.07) is 8.57. The molecular formula is C15H20N2OS. The van der Waals surface area contributed by atoms with E-state index in [1.165, 1.54) is 10.4 Å². The van der Waals surface area contributed by atoms with Crippen molar-refractivity contribution < 1.29 is 4.74 Å². The van der Waals surface area contributed by atoms with E-state index in [0.717, 1.165) is 22.9 Å². The van der Waals surface area contributed by atoms with E-state index in [9.17, 15) is 0 Å². The van der Waals surface area contributed by atoms with Crippen LogP contribution in [0.25, 0.3) is 0 Å². The number of aromatic nitrogens is 1. The number of rotatable bonds is 5. The monoisotopic (exact) mass is 276 g/mol. The highest BCUT2D eigenvalue weighted by Crippen LogP contribution is 2.27. The van der Waals surface area contributed by atoms with Gasteiger partial charge in [0.15, 0.2) is 0 Å². The van der Waals surface area contributed by atoms with Gasteiger partial charge in [0.1, 0.15) is 5.75 Å². The van der Waals surface area contributed by atoms with E-state index in [0.29, 0.717) is 6.04 Å². The fourth-order valence-electron chi connectivity index (χ4n) is 2.19. The van der Waals surface area contributed by atoms with Gasteiger partial charge in [-0.25, -0.2) is 4.98 Å². The summed E-state index contributed by atoms with van der Waals surface area (Å²) in [7, 11) is 3.69. The van der Waals surface area contributed by atoms with Crippen LogP contribution in [-0.2, 0) is 6.42 Å². The lowest BCUT2D eigenvalue weighted by atomic mass is 10.0. The number of hydrogen-bond acceptors (Lipinski definition) is 4. The second-order valence-corrected chi connectivity index (χ2v) is 5.81. The molecule has 1 heterocycles. The number of aryl methyl sites for hydroxylation is 2. The van der Waals surface area contributed by atoms with Crippen molar-refractivity contribution in [3.63, 3.8) is 0 Å². The summed E-state index contributed by atoms with van der Waals surface area (Å²) in [6.07, 6.45) is 0.961. The average molecular weight is 276 g/mol. The molecule has 1 N–H and O–H groups in total. The number of benzene rings is 1. The van der Waals surface area contributed by atoms with Crippen LogP contribution in [0.2, 0.25) is 0 Å². The van der Waals surface area contributed by atoms with Gasteiger partial charge < -0.3 is 10.1 Å². The van der Waals surface area contributed by atoms with E-state index >= 15 is 0 Å². The van der Waals surface area contributed by atoms with Crippen molar-refractivity contribution in [2.75, 3.05) is 14.2 Å². The van der Waals surface area contributed by atoms with Gasteiger partial charge in [-0.2, -0.15) is 0 Å². The zero-order valence-electron chi connectivity index (χ0n) is 11.9. The lowest BCUT2D eigenvalue weighted by molar-refractivity contribution is 0.414. The van der Waals surface area contributed by atoms with Gasteiger partial charge >= 0.3 is 0 Å². The number of nitrogens with zero attached hydrogens (tertiary/aromatic N) is 1. The smallest absolute Gasteiger partial charge is 0.118 e. The summed E-state index contributed by atoms with van der Waals surface area (Å²) >= 11 is 1.78. The van der Waals surface area contributed by atoms with Crippen LogP contribution in [0.5, 0.6) is 5.75 Å². The lowest BCUT2D eigenvalue weighted by Crippen LogP contribution is -2.18. The van der Waals surface area contributed by atoms with Crippen molar-refractivity contribution in [1.29, 1.82) is 0 Å². The molecule has 3 nitrogen and oxygen atoms in total. The highest BCUT2D eigenvalue weighted by molar-refractivity contribution is 7.11. The number of methoxy groups -OCH3 is 1. The molecule has 1 aromatic heterocycles. The molecule has 0 radical (unpaired) electrons. The molecule has 4 heteroatoms. The fraction of sp³-hybridized carbons (Fsp3) is 0.400. The van der Waals surface area contributed by atoms with Gasteiger partial charge in [0.25, 0.3) is 0 Å². The largest absolute Gasteiger partial charge is 0.497 e. The first-order chi connectivity index (χ1) is 9.13. The molecule has 0 saturated heterocycles. The highest BCUT2D eigenvalue weighted by Gasteiger charge is 2.16. The SMILES string of the molecule is CNC(Cc1ccc(OC)cc1)c1sc(C)nc1C. The van der Waals surface area contributed by atoms with Crippen molar-refractivity contribution in [1.82, 2.24) is 10.3 Å². The molecule has 0 saturated carbocycles. The Bertz CT molecular complexity index is 534. The zero-order valence-corrected chi connectivity index (χ0v) is 12.7. The molecule has 102 valence electrons. The maximum atomic E-state index is 5.18. The molecule has 0 amide bonds. The number of hydrogen-bond donors (Lipinski definition) is 1. The van der Waals surface area contributed by atoms with Gasteiger partial charge in [-0.15, -0.1) is 11.3 Å². The molecule has 0 spiro atoms. The first kappa shape index (κ1) is 14.0. The van der Waals surface area contributed by atoms with Crippen molar-refractivity contribution in [2.45, 2.75) is 26.3 Å². The summed E-state index contributed by atoms with van der Waals surface area (Å²) in [4.78, 5) is 5.84. The van der Waals surface area contributed by atoms with Crippen LogP contribution in [0, 0.1) is 13.8 Å². The molecular weight excluding hydrogens is 256 g/mol. The number of nitrogens with one attached hydrogen (secondary N) is 1. The molecule has 0 aliphatic heterocycles. The second-order valence-electron chi connectivity index (χ2n) is 4.58. The van der Waals surface area contributed by atoms with Crippen LogP contribution in [0.15, 0.2) is 24.3 Å². The van der Waals surface area contributed by atoms with E-state index in [1.807, 2.05) is 19.2 Å². The Labute approximate surface area is 118 Å². The molecule has 0 aliphatic rings. The third-order valence-electron chi connectivity index (χ3n) is 3.20. The zero-order chi connectivity index (χ0) is 13.8. The third-order valence-corrected chi connectivity index (χ3v) is 4.39. The Morgan fingerprint density at radius 1 is 1.26 bits per heavy atom. The standard InChI is InChI=1S/C15H20N2OS/c1-10-15(19-11(2)17-10)14(16-3)9-12-5-7-13(18-4)8-6-12/h5-8,14,16H,9H2,1-4H3. The van der Waals surface area contributed by atoms with E-state index in [2.05, 4.69) is 36.3 Å². The van der Waals surface area contributed by atoms with Crippen LogP contribution in [-0.4, -0.2) is 19.1 Å². The predicted molar refractivity (Wildman–Crippen MR) is 80.1 cm³/mol. The number of thiazole rings is 1. The lowest BCUT2D eigenvalue weighted by Gasteiger charge is -2.15. The molecule has 0 fully saturated rings. The molecule has 0 aliphatic carbocycles. The molecule has 0 bridgehead atoms. The Kier molecular flexibility index (Phi) is 4.56. The fourth-order valence-corrected chi connectivity index (χ4v) is 3.23. The summed E-state index contributed by atoms with van der Waals surface area (Å²) in [5.74, 6) is 0.898. The van der Waals surface area contributed by atoms with Crippen molar-refractivity contribution in [3.8, 4) is 5.75 Å². The van der Waals surface area contributed by atoms with Crippen LogP contribution < -0.4 is 10.1 Å². The second kappa shape index (κ2) is 6.17. The quantitative estimate of drug-likeness (QED) is 0.910. The maximum Gasteiger partial charge on any atom is 0.118 e.